The van der Waals surface area contributed by atoms with Gasteiger partial charge in [0.1, 0.15) is 0 Å². The van der Waals surface area contributed by atoms with Crippen molar-refractivity contribution in [1.82, 2.24) is 4.98 Å². The first-order chi connectivity index (χ1) is 6.13. The molecule has 0 aliphatic heterocycles. The predicted molar refractivity (Wildman–Crippen MR) is 60.1 cm³/mol. The predicted octanol–water partition coefficient (Wildman–Crippen LogP) is 3.74. The highest BCUT2D eigenvalue weighted by molar-refractivity contribution is 7.12. The van der Waals surface area contributed by atoms with Crippen LogP contribution in [0.15, 0.2) is 17.7 Å². The summed E-state index contributed by atoms with van der Waals surface area (Å²) in [6.45, 7) is 8.23. The van der Waals surface area contributed by atoms with E-state index in [1.165, 1.54) is 10.5 Å². The zero-order valence-corrected chi connectivity index (χ0v) is 9.40. The molecule has 1 aromatic heterocycles. The fourth-order valence-corrected chi connectivity index (χ4v) is 1.84. The van der Waals surface area contributed by atoms with Gasteiger partial charge >= 0.3 is 0 Å². The maximum Gasteiger partial charge on any atom is 0.0903 e. The smallest absolute Gasteiger partial charge is 0.0903 e. The van der Waals surface area contributed by atoms with E-state index in [0.29, 0.717) is 0 Å². The average Bonchev–Trinajstić information content (AvgIpc) is 2.41. The largest absolute Gasteiger partial charge is 0.246 e. The van der Waals surface area contributed by atoms with E-state index in [-0.39, 0.29) is 0 Å². The molecule has 0 aromatic carbocycles. The Balaban J connectivity index is 2.85. The maximum absolute atomic E-state index is 4.36. The molecule has 0 atom stereocenters. The highest BCUT2D eigenvalue weighted by Crippen LogP contribution is 2.19. The second kappa shape index (κ2) is 4.38. The number of thiazole rings is 1. The van der Waals surface area contributed by atoms with Crippen molar-refractivity contribution in [2.45, 2.75) is 27.7 Å². The van der Waals surface area contributed by atoms with Crippen LogP contribution in [0.5, 0.6) is 0 Å². The summed E-state index contributed by atoms with van der Waals surface area (Å²) < 4.78 is 0. The van der Waals surface area contributed by atoms with Crippen LogP contribution < -0.4 is 0 Å². The van der Waals surface area contributed by atoms with Crippen LogP contribution in [-0.2, 0) is 0 Å². The van der Waals surface area contributed by atoms with Crippen LogP contribution in [0.25, 0.3) is 6.08 Å². The number of rotatable bonds is 2. The summed E-state index contributed by atoms with van der Waals surface area (Å²) in [5.41, 5.74) is 2.41. The molecule has 0 bridgehead atoms. The van der Waals surface area contributed by atoms with Gasteiger partial charge in [0.2, 0.25) is 0 Å². The Bertz CT molecular complexity index is 345. The molecular weight excluding hydrogens is 178 g/mol. The Kier molecular flexibility index (Phi) is 3.43. The van der Waals surface area contributed by atoms with E-state index in [0.717, 1.165) is 10.7 Å². The van der Waals surface area contributed by atoms with Gasteiger partial charge in [-0.3, -0.25) is 0 Å². The van der Waals surface area contributed by atoms with Crippen LogP contribution in [-0.4, -0.2) is 4.98 Å². The van der Waals surface area contributed by atoms with E-state index >= 15 is 0 Å². The molecule has 1 aromatic rings. The normalized spacial score (nSPS) is 12.8. The molecule has 0 aliphatic rings. The number of hydrogen-bond donors (Lipinski definition) is 0. The Hall–Kier alpha value is -0.890. The van der Waals surface area contributed by atoms with Gasteiger partial charge in [0.05, 0.1) is 15.6 Å². The van der Waals surface area contributed by atoms with Gasteiger partial charge < -0.3 is 0 Å². The summed E-state index contributed by atoms with van der Waals surface area (Å²) in [5, 5.41) is 1.13. The molecule has 0 N–H and O–H groups in total. The fourth-order valence-electron chi connectivity index (χ4n) is 1.01. The Morgan fingerprint density at radius 1 is 1.38 bits per heavy atom. The SMILES string of the molecule is CC=C(C)C=Cc1sc(C)nc1C. The van der Waals surface area contributed by atoms with Gasteiger partial charge in [-0.2, -0.15) is 0 Å². The van der Waals surface area contributed by atoms with Crippen molar-refractivity contribution in [2.75, 3.05) is 0 Å². The first-order valence-corrected chi connectivity index (χ1v) is 5.20. The molecule has 1 nitrogen and oxygen atoms in total. The zero-order valence-electron chi connectivity index (χ0n) is 8.59. The number of nitrogens with zero attached hydrogens (tertiary/aromatic N) is 1. The molecule has 0 aliphatic carbocycles. The lowest BCUT2D eigenvalue weighted by Crippen LogP contribution is -1.73. The molecule has 0 radical (unpaired) electrons. The molecule has 0 saturated heterocycles. The van der Waals surface area contributed by atoms with Gasteiger partial charge in [-0.25, -0.2) is 4.98 Å². The average molecular weight is 193 g/mol. The molecule has 0 unspecified atom stereocenters. The van der Waals surface area contributed by atoms with Crippen LogP contribution >= 0.6 is 11.3 Å². The Morgan fingerprint density at radius 2 is 2.08 bits per heavy atom. The van der Waals surface area contributed by atoms with E-state index in [4.69, 9.17) is 0 Å². The summed E-state index contributed by atoms with van der Waals surface area (Å²) in [5.74, 6) is 0. The minimum absolute atomic E-state index is 1.13. The standard InChI is InChI=1S/C11H15NS/c1-5-8(2)6-7-11-9(3)12-10(4)13-11/h5-7H,1-4H3. The topological polar surface area (TPSA) is 12.9 Å². The Morgan fingerprint density at radius 3 is 2.54 bits per heavy atom. The molecule has 0 amide bonds. The number of allylic oxidation sites excluding steroid dienone is 3. The highest BCUT2D eigenvalue weighted by Gasteiger charge is 1.99. The van der Waals surface area contributed by atoms with Crippen LogP contribution in [0, 0.1) is 13.8 Å². The van der Waals surface area contributed by atoms with E-state index in [1.54, 1.807) is 11.3 Å². The number of hydrogen-bond acceptors (Lipinski definition) is 2. The molecule has 0 saturated carbocycles. The lowest BCUT2D eigenvalue weighted by Gasteiger charge is -1.88. The summed E-state index contributed by atoms with van der Waals surface area (Å²) >= 11 is 1.74. The summed E-state index contributed by atoms with van der Waals surface area (Å²) in [6.07, 6.45) is 6.36. The fraction of sp³-hybridized carbons (Fsp3) is 0.364. The minimum atomic E-state index is 1.13. The third-order valence-electron chi connectivity index (χ3n) is 1.89. The van der Waals surface area contributed by atoms with Crippen molar-refractivity contribution in [1.29, 1.82) is 0 Å². The quantitative estimate of drug-likeness (QED) is 0.652. The third-order valence-corrected chi connectivity index (χ3v) is 2.93. The lowest BCUT2D eigenvalue weighted by molar-refractivity contribution is 1.20. The maximum atomic E-state index is 4.36. The van der Waals surface area contributed by atoms with Gasteiger partial charge in [0.25, 0.3) is 0 Å². The second-order valence-electron chi connectivity index (χ2n) is 3.05. The van der Waals surface area contributed by atoms with Gasteiger partial charge in [0.15, 0.2) is 0 Å². The highest BCUT2D eigenvalue weighted by atomic mass is 32.1. The molecule has 1 heterocycles. The van der Waals surface area contributed by atoms with Gasteiger partial charge in [-0.05, 0) is 33.8 Å². The Labute approximate surface area is 83.8 Å². The summed E-state index contributed by atoms with van der Waals surface area (Å²) in [7, 11) is 0. The van der Waals surface area contributed by atoms with E-state index < -0.39 is 0 Å². The van der Waals surface area contributed by atoms with E-state index in [2.05, 4.69) is 30.1 Å². The van der Waals surface area contributed by atoms with Gasteiger partial charge in [-0.1, -0.05) is 17.7 Å². The van der Waals surface area contributed by atoms with Crippen LogP contribution in [0.2, 0.25) is 0 Å². The van der Waals surface area contributed by atoms with Crippen LogP contribution in [0.3, 0.4) is 0 Å². The third kappa shape index (κ3) is 2.81. The molecule has 0 spiro atoms. The van der Waals surface area contributed by atoms with Crippen molar-refractivity contribution in [2.24, 2.45) is 0 Å². The molecule has 1 rings (SSSR count). The van der Waals surface area contributed by atoms with Crippen molar-refractivity contribution in [3.05, 3.63) is 33.3 Å². The molecule has 13 heavy (non-hydrogen) atoms. The lowest BCUT2D eigenvalue weighted by atomic mass is 10.2. The molecule has 0 fully saturated rings. The molecule has 2 heteroatoms. The van der Waals surface area contributed by atoms with Crippen molar-refractivity contribution in [3.63, 3.8) is 0 Å². The molecule has 70 valence electrons. The monoisotopic (exact) mass is 193 g/mol. The van der Waals surface area contributed by atoms with Crippen molar-refractivity contribution < 1.29 is 0 Å². The number of aryl methyl sites for hydroxylation is 2. The van der Waals surface area contributed by atoms with E-state index in [9.17, 15) is 0 Å². The number of aromatic nitrogens is 1. The van der Waals surface area contributed by atoms with Crippen LogP contribution in [0.4, 0.5) is 0 Å². The van der Waals surface area contributed by atoms with Crippen molar-refractivity contribution >= 4 is 17.4 Å². The summed E-state index contributed by atoms with van der Waals surface area (Å²) in [6, 6.07) is 0. The van der Waals surface area contributed by atoms with Gasteiger partial charge in [0, 0.05) is 0 Å². The van der Waals surface area contributed by atoms with Crippen molar-refractivity contribution in [3.8, 4) is 0 Å². The first kappa shape index (κ1) is 10.2. The van der Waals surface area contributed by atoms with E-state index in [1.807, 2.05) is 20.8 Å². The minimum Gasteiger partial charge on any atom is -0.246 e. The van der Waals surface area contributed by atoms with Crippen LogP contribution in [0.1, 0.15) is 29.4 Å². The summed E-state index contributed by atoms with van der Waals surface area (Å²) in [4.78, 5) is 5.63. The van der Waals surface area contributed by atoms with Gasteiger partial charge in [-0.15, -0.1) is 11.3 Å². The zero-order chi connectivity index (χ0) is 9.84. The first-order valence-electron chi connectivity index (χ1n) is 4.38. The molecular formula is C11H15NS. The second-order valence-corrected chi connectivity index (χ2v) is 4.28.